The van der Waals surface area contributed by atoms with E-state index >= 15 is 0 Å². The van der Waals surface area contributed by atoms with Crippen LogP contribution >= 0.6 is 7.26 Å². The number of esters is 3. The third-order valence-corrected chi connectivity index (χ3v) is 17.6. The van der Waals surface area contributed by atoms with Crippen molar-refractivity contribution in [2.75, 3.05) is 54.9 Å². The number of carboxylic acid groups (broad SMARTS) is 1. The Labute approximate surface area is 727 Å². The molecule has 8 rings (SSSR count). The van der Waals surface area contributed by atoms with Gasteiger partial charge in [-0.3, -0.25) is 10.4 Å². The number of nitrogens with two attached hydrogens (primary N) is 1. The van der Waals surface area contributed by atoms with E-state index in [-0.39, 0.29) is 137 Å². The molecule has 0 unspecified atom stereocenters. The SMILES string of the molecule is C.C1CCOC1.CC(C)(C)[O-].CO.CO.COC(=O)c1ccc(C=CCC(F)(F)F)cc1.COC(=O)c1ccc(C=O)cc1.COC(=O)c1ccc(CCCC(F)(F)F)cc1.FC(F)(F)CC[P+](c1ccccc1)(c1ccccc1)c1ccccc1.N/N=N/N=N/[N-]O.O=C(O)c1ccc(CCCC(F)(F)F)cc1.[I-].[K+].[Na+]. The van der Waals surface area contributed by atoms with E-state index in [1.807, 2.05) is 91.0 Å². The predicted molar refractivity (Wildman–Crippen MR) is 392 cm³/mol. The Morgan fingerprint density at radius 1 is 0.527 bits per heavy atom. The average molecular weight is 1760 g/mol. The molecule has 1 aliphatic heterocycles. The summed E-state index contributed by atoms with van der Waals surface area (Å²) >= 11 is 0. The van der Waals surface area contributed by atoms with Gasteiger partial charge >= 0.3 is 130 Å². The van der Waals surface area contributed by atoms with Crippen molar-refractivity contribution in [1.82, 2.24) is 0 Å². The monoisotopic (exact) mass is 1760 g/mol. The summed E-state index contributed by atoms with van der Waals surface area (Å²) in [5.74, 6) is 2.09. The molecular weight excluding hydrogens is 1670 g/mol. The van der Waals surface area contributed by atoms with Crippen molar-refractivity contribution in [3.63, 3.8) is 0 Å². The molecule has 1 fully saturated rings. The number of hydrogen-bond acceptors (Lipinski definition) is 15. The number of aldehydes is 1. The molecule has 0 aromatic heterocycles. The van der Waals surface area contributed by atoms with Gasteiger partial charge in [-0.2, -0.15) is 52.7 Å². The summed E-state index contributed by atoms with van der Waals surface area (Å²) in [6.45, 7) is 6.90. The molecule has 0 spiro atoms. The van der Waals surface area contributed by atoms with Gasteiger partial charge in [0.25, 0.3) is 0 Å². The van der Waals surface area contributed by atoms with E-state index in [9.17, 15) is 81.8 Å². The second kappa shape index (κ2) is 65.6. The number of nitrogens with zero attached hydrogens (tertiary/aromatic N) is 5. The van der Waals surface area contributed by atoms with E-state index in [2.05, 4.69) is 46.5 Å². The van der Waals surface area contributed by atoms with Gasteiger partial charge in [-0.25, -0.2) is 29.6 Å². The van der Waals surface area contributed by atoms with Gasteiger partial charge in [-0.15, -0.1) is 10.8 Å². The molecule has 20 nitrogen and oxygen atoms in total. The molecule has 6 N–H and O–H groups in total. The van der Waals surface area contributed by atoms with Crippen molar-refractivity contribution in [3.8, 4) is 0 Å². The van der Waals surface area contributed by atoms with Gasteiger partial charge in [0.2, 0.25) is 0 Å². The number of benzene rings is 7. The van der Waals surface area contributed by atoms with Crippen LogP contribution in [0.15, 0.2) is 215 Å². The van der Waals surface area contributed by atoms with Gasteiger partial charge in [-0.1, -0.05) is 149 Å². The Morgan fingerprint density at radius 2 is 0.839 bits per heavy atom. The van der Waals surface area contributed by atoms with Gasteiger partial charge in [-0.05, 0) is 140 Å². The van der Waals surface area contributed by atoms with E-state index in [4.69, 9.17) is 25.3 Å². The summed E-state index contributed by atoms with van der Waals surface area (Å²) in [4.78, 5) is 53.8. The fraction of sp³-hybridized carbons (Fsp3) is 0.355. The number of aliphatic hydroxyl groups excluding tert-OH is 2. The van der Waals surface area contributed by atoms with Gasteiger partial charge in [0.15, 0.2) is 0 Å². The second-order valence-corrected chi connectivity index (χ2v) is 26.1. The number of aliphatic hydroxyl groups is 2. The number of carbonyl (C=O) groups is 5. The van der Waals surface area contributed by atoms with Crippen LogP contribution in [0.25, 0.3) is 11.7 Å². The van der Waals surface area contributed by atoms with E-state index in [1.54, 1.807) is 93.6 Å². The van der Waals surface area contributed by atoms with E-state index in [1.165, 1.54) is 64.5 Å². The maximum absolute atomic E-state index is 13.2. The van der Waals surface area contributed by atoms with Crippen LogP contribution in [-0.4, -0.2) is 136 Å². The Balaban J connectivity index is -0.000000295. The normalized spacial score (nSPS) is 11.2. The molecule has 0 bridgehead atoms. The average Bonchev–Trinajstić information content (AvgIpc) is 0.789. The number of aryl methyl sites for hydroxylation is 2. The molecule has 7 aromatic rings. The van der Waals surface area contributed by atoms with Crippen LogP contribution in [0.4, 0.5) is 52.7 Å². The van der Waals surface area contributed by atoms with Gasteiger partial charge in [0.1, 0.15) is 29.5 Å². The van der Waals surface area contributed by atoms with E-state index in [0.29, 0.717) is 46.2 Å². The van der Waals surface area contributed by atoms with Gasteiger partial charge < -0.3 is 74.4 Å². The van der Waals surface area contributed by atoms with Crippen molar-refractivity contribution in [2.45, 2.75) is 123 Å². The third-order valence-electron chi connectivity index (χ3n) is 13.2. The maximum Gasteiger partial charge on any atom is 1.00 e. The number of hydrogen-bond donors (Lipinski definition) is 5. The first-order valence-electron chi connectivity index (χ1n) is 32.3. The van der Waals surface area contributed by atoms with E-state index in [0.717, 1.165) is 61.3 Å². The Bertz CT molecular complexity index is 3540. The molecule has 7 aromatic carbocycles. The molecule has 1 aliphatic rings. The zero-order valence-electron chi connectivity index (χ0n) is 62.9. The van der Waals surface area contributed by atoms with Crippen LogP contribution in [-0.2, 0) is 31.8 Å². The summed E-state index contributed by atoms with van der Waals surface area (Å²) in [6.07, 6.45) is -13.5. The van der Waals surface area contributed by atoms with Crippen molar-refractivity contribution < 1.29 is 226 Å². The van der Waals surface area contributed by atoms with Crippen LogP contribution in [0.3, 0.4) is 0 Å². The molecule has 0 atom stereocenters. The number of carbonyl (C=O) groups excluding carboxylic acids is 4. The van der Waals surface area contributed by atoms with Crippen molar-refractivity contribution in [3.05, 3.63) is 244 Å². The van der Waals surface area contributed by atoms with Crippen molar-refractivity contribution in [2.24, 2.45) is 26.7 Å². The van der Waals surface area contributed by atoms with Crippen LogP contribution in [0.1, 0.15) is 148 Å². The molecule has 0 amide bonds. The Kier molecular flexibility index (Phi) is 68.1. The first kappa shape index (κ1) is 116. The zero-order valence-corrected chi connectivity index (χ0v) is 71.0. The maximum atomic E-state index is 13.2. The molecule has 610 valence electrons. The minimum atomic E-state index is -4.19. The largest absolute Gasteiger partial charge is 1.00 e. The van der Waals surface area contributed by atoms with Crippen LogP contribution in [0.5, 0.6) is 0 Å². The number of rotatable bonds is 20. The first-order valence-corrected chi connectivity index (χ1v) is 34.2. The number of allylic oxidation sites excluding steroid dienone is 1. The first-order chi connectivity index (χ1) is 50.9. The van der Waals surface area contributed by atoms with Crippen LogP contribution < -0.4 is 132 Å². The number of halogens is 13. The van der Waals surface area contributed by atoms with Gasteiger partial charge in [0.05, 0.1) is 62.6 Å². The number of ether oxygens (including phenoxy) is 4. The number of aromatic carboxylic acids is 1. The summed E-state index contributed by atoms with van der Waals surface area (Å²) in [6, 6.07) is 53.5. The molecule has 1 saturated heterocycles. The minimum Gasteiger partial charge on any atom is -1.00 e. The van der Waals surface area contributed by atoms with E-state index < -0.39 is 87.1 Å². The molecular formula is C76H94F12IKN6NaO14P. The number of methoxy groups -OCH3 is 3. The van der Waals surface area contributed by atoms with Crippen LogP contribution in [0.2, 0.25) is 0 Å². The Hall–Kier alpha value is -6.61. The second-order valence-electron chi connectivity index (χ2n) is 22.5. The predicted octanol–water partition coefficient (Wildman–Crippen LogP) is 8.45. The molecule has 36 heteroatoms. The third kappa shape index (κ3) is 58.3. The summed E-state index contributed by atoms with van der Waals surface area (Å²) in [5, 5.41) is 54.0. The topological polar surface area (TPSA) is 316 Å². The zero-order chi connectivity index (χ0) is 82.3. The Morgan fingerprint density at radius 3 is 1.10 bits per heavy atom. The molecule has 0 aliphatic carbocycles. The smallest absolute Gasteiger partial charge is 1.00 e. The standard InChI is InChI=1S/C21H19F3P.C12H13F3O2.C12H11F3O2.C11H11F3O2.C9H8O3.C4H8O.C4H9O.2CH4O.CH4.HI.K.H3N6O.Na/c22-21(23,24)16-17-25(18-10-4-1-5-11-18,19-12-6-2-7-13-19)20-14-8-3-9-15-20;2*1-17-11(16)10-6-4-9(5-7-10)3-2-8-12(13,14)15;12-11(13,14)7-1-2-8-3-5-9(6-4-8)10(15)16;1-12-9(11)8-4-2-7(6-10)3-5-8;1-2-4-5-3-1;1-4(2,3)5;2*1-2;;;;1-2-3-4-5-6-7;/h1-15H,16-17H2;4-7H,2-3,8H2,1H3;2-7H,8H2,1H3;3-6H,1-2,7H2,(H,15,16);2-6H,1H3;1-4H2;1-3H3;2*2H,1H3;1H4;1H;;(H3-,1,2,3,4,5,6,7);/q+1;;;;;;-1;;;;;+1;-1;+1/p-1. The minimum absolute atomic E-state index is 0. The summed E-state index contributed by atoms with van der Waals surface area (Å²) < 4.78 is 165. The molecule has 112 heavy (non-hydrogen) atoms. The summed E-state index contributed by atoms with van der Waals surface area (Å²) in [5.41, 5.74) is 5.45. The van der Waals surface area contributed by atoms with Crippen molar-refractivity contribution in [1.29, 1.82) is 0 Å². The molecule has 1 heterocycles. The van der Waals surface area contributed by atoms with Gasteiger partial charge in [0, 0.05) is 45.8 Å². The van der Waals surface area contributed by atoms with Crippen LogP contribution in [0, 0.1) is 0 Å². The number of carboxylic acids is 1. The fourth-order valence-electron chi connectivity index (χ4n) is 8.46. The fourth-order valence-corrected chi connectivity index (χ4v) is 12.8. The molecule has 0 radical (unpaired) electrons. The summed E-state index contributed by atoms with van der Waals surface area (Å²) in [7, 11) is 3.49. The quantitative estimate of drug-likeness (QED) is 0.00457. The molecule has 0 saturated carbocycles. The van der Waals surface area contributed by atoms with Crippen molar-refractivity contribution >= 4 is 59.4 Å². The number of alkyl halides is 12.